The van der Waals surface area contributed by atoms with Crippen LogP contribution in [0.3, 0.4) is 0 Å². The van der Waals surface area contributed by atoms with Gasteiger partial charge in [-0.15, -0.1) is 0 Å². The van der Waals surface area contributed by atoms with E-state index in [1.54, 1.807) is 18.3 Å². The van der Waals surface area contributed by atoms with Crippen LogP contribution in [0, 0.1) is 5.92 Å². The molecule has 4 heterocycles. The van der Waals surface area contributed by atoms with Crippen molar-refractivity contribution < 1.29 is 24.2 Å². The van der Waals surface area contributed by atoms with Crippen molar-refractivity contribution in [3.63, 3.8) is 0 Å². The monoisotopic (exact) mass is 616 g/mol. The van der Waals surface area contributed by atoms with Crippen LogP contribution in [0.4, 0.5) is 11.4 Å². The van der Waals surface area contributed by atoms with E-state index in [1.807, 2.05) is 41.3 Å². The molecule has 11 heteroatoms. The Balaban J connectivity index is 1.40. The van der Waals surface area contributed by atoms with Crippen molar-refractivity contribution in [1.29, 1.82) is 0 Å². The first kappa shape index (κ1) is 28.7. The summed E-state index contributed by atoms with van der Waals surface area (Å²) in [5.41, 5.74) is 2.55. The van der Waals surface area contributed by atoms with Crippen molar-refractivity contribution in [2.45, 2.75) is 31.8 Å². The Morgan fingerprint density at radius 3 is 2.35 bits per heavy atom. The standard InChI is InChI=1S/C32H29ClN4O5S/c1-18-9-12-36(13-10-18)25-6-5-22(17-23(25)33)37-29(28(35-32(37)43)24-4-2-3-11-34-24)27-8-7-26(42-27)19-14-20(30(38)39)16-21(15-19)31(40)41/h2-8,11,14-18,28-29H,9-10,12-13H2,1H3,(H,35,43)(H,38,39)(H,40,41)/t28-,29-/m0/s1. The lowest BCUT2D eigenvalue weighted by atomic mass is 9.98. The zero-order valence-electron chi connectivity index (χ0n) is 23.2. The van der Waals surface area contributed by atoms with Crippen molar-refractivity contribution in [3.05, 3.63) is 101 Å². The minimum atomic E-state index is -1.23. The number of aromatic nitrogens is 1. The number of carboxylic acid groups (broad SMARTS) is 2. The summed E-state index contributed by atoms with van der Waals surface area (Å²) in [4.78, 5) is 32.2. The van der Waals surface area contributed by atoms with Crippen molar-refractivity contribution in [1.82, 2.24) is 10.3 Å². The van der Waals surface area contributed by atoms with Crippen LogP contribution in [0.25, 0.3) is 11.3 Å². The molecule has 2 aromatic heterocycles. The predicted octanol–water partition coefficient (Wildman–Crippen LogP) is 6.80. The Morgan fingerprint density at radius 1 is 1.00 bits per heavy atom. The van der Waals surface area contributed by atoms with Crippen molar-refractivity contribution >= 4 is 52.2 Å². The molecule has 4 aromatic rings. The molecule has 6 rings (SSSR count). The first-order chi connectivity index (χ1) is 20.7. The zero-order chi connectivity index (χ0) is 30.2. The van der Waals surface area contributed by atoms with Crippen LogP contribution in [-0.4, -0.2) is 45.3 Å². The maximum Gasteiger partial charge on any atom is 0.335 e. The number of aromatic carboxylic acids is 2. The summed E-state index contributed by atoms with van der Waals surface area (Å²) < 4.78 is 6.34. The Morgan fingerprint density at radius 2 is 1.72 bits per heavy atom. The lowest BCUT2D eigenvalue weighted by molar-refractivity contribution is 0.0696. The fraction of sp³-hybridized carbons (Fsp3) is 0.250. The van der Waals surface area contributed by atoms with Gasteiger partial charge in [-0.1, -0.05) is 24.6 Å². The molecule has 2 fully saturated rings. The topological polar surface area (TPSA) is 119 Å². The summed E-state index contributed by atoms with van der Waals surface area (Å²) in [5.74, 6) is -0.914. The summed E-state index contributed by atoms with van der Waals surface area (Å²) in [6.45, 7) is 4.18. The summed E-state index contributed by atoms with van der Waals surface area (Å²) in [6.07, 6.45) is 3.95. The number of thiocarbonyl (C=S) groups is 1. The molecule has 2 aliphatic rings. The second-order valence-electron chi connectivity index (χ2n) is 10.9. The molecule has 0 saturated carbocycles. The lowest BCUT2D eigenvalue weighted by Crippen LogP contribution is -2.33. The molecule has 2 saturated heterocycles. The van der Waals surface area contributed by atoms with Gasteiger partial charge in [0.05, 0.1) is 33.6 Å². The molecule has 2 atom stereocenters. The van der Waals surface area contributed by atoms with Gasteiger partial charge in [-0.25, -0.2) is 9.59 Å². The number of rotatable bonds is 7. The highest BCUT2D eigenvalue weighted by Gasteiger charge is 2.43. The smallest absolute Gasteiger partial charge is 0.335 e. The van der Waals surface area contributed by atoms with Crippen molar-refractivity contribution in [2.24, 2.45) is 5.92 Å². The van der Waals surface area contributed by atoms with Crippen LogP contribution >= 0.6 is 23.8 Å². The molecule has 0 amide bonds. The number of halogens is 1. The van der Waals surface area contributed by atoms with Crippen LogP contribution in [0.5, 0.6) is 0 Å². The van der Waals surface area contributed by atoms with Gasteiger partial charge in [-0.3, -0.25) is 4.98 Å². The molecule has 0 radical (unpaired) electrons. The molecule has 0 spiro atoms. The quantitative estimate of drug-likeness (QED) is 0.191. The van der Waals surface area contributed by atoms with Gasteiger partial charge >= 0.3 is 11.9 Å². The van der Waals surface area contributed by atoms with E-state index in [2.05, 4.69) is 22.1 Å². The second-order valence-corrected chi connectivity index (χ2v) is 11.7. The number of benzene rings is 2. The van der Waals surface area contributed by atoms with Crippen molar-refractivity contribution in [3.8, 4) is 11.3 Å². The van der Waals surface area contributed by atoms with E-state index in [-0.39, 0.29) is 17.2 Å². The lowest BCUT2D eigenvalue weighted by Gasteiger charge is -2.33. The minimum Gasteiger partial charge on any atom is -0.478 e. The molecule has 2 aromatic carbocycles. The first-order valence-electron chi connectivity index (χ1n) is 14.0. The van der Waals surface area contributed by atoms with Crippen LogP contribution in [-0.2, 0) is 0 Å². The molecular formula is C32H29ClN4O5S. The normalized spacial score (nSPS) is 19.0. The fourth-order valence-electron chi connectivity index (χ4n) is 5.76. The first-order valence-corrected chi connectivity index (χ1v) is 14.7. The van der Waals surface area contributed by atoms with Crippen LogP contribution in [0.1, 0.15) is 64.0 Å². The van der Waals surface area contributed by atoms with Gasteiger partial charge in [0.25, 0.3) is 0 Å². The van der Waals surface area contributed by atoms with E-state index in [0.717, 1.165) is 49.1 Å². The van der Waals surface area contributed by atoms with Gasteiger partial charge in [0, 0.05) is 30.5 Å². The number of anilines is 2. The highest BCUT2D eigenvalue weighted by Crippen LogP contribution is 2.44. The number of hydrogen-bond acceptors (Lipinski definition) is 6. The molecule has 0 aliphatic carbocycles. The summed E-state index contributed by atoms with van der Waals surface area (Å²) in [6, 6.07) is 18.1. The van der Waals surface area contributed by atoms with Gasteiger partial charge in [0.2, 0.25) is 0 Å². The maximum atomic E-state index is 11.7. The van der Waals surface area contributed by atoms with E-state index >= 15 is 0 Å². The number of hydrogen-bond donors (Lipinski definition) is 3. The molecule has 220 valence electrons. The third-order valence-electron chi connectivity index (χ3n) is 8.06. The number of piperidine rings is 1. The third kappa shape index (κ3) is 5.68. The van der Waals surface area contributed by atoms with Gasteiger partial charge in [-0.05, 0) is 91.6 Å². The number of nitrogens with one attached hydrogen (secondary N) is 1. The molecule has 43 heavy (non-hydrogen) atoms. The zero-order valence-corrected chi connectivity index (χ0v) is 24.8. The number of carboxylic acids is 2. The molecule has 9 nitrogen and oxygen atoms in total. The SMILES string of the molecule is CC1CCN(c2ccc(N3C(=S)N[C@@H](c4ccccn4)[C@@H]3c3ccc(-c4cc(C(=O)O)cc(C(=O)O)c4)o3)cc2Cl)CC1. The number of furan rings is 1. The minimum absolute atomic E-state index is 0.151. The molecular weight excluding hydrogens is 588 g/mol. The van der Waals surface area contributed by atoms with Gasteiger partial charge in [-0.2, -0.15) is 0 Å². The largest absolute Gasteiger partial charge is 0.478 e. The summed E-state index contributed by atoms with van der Waals surface area (Å²) in [5, 5.41) is 23.6. The van der Waals surface area contributed by atoms with E-state index < -0.39 is 18.0 Å². The Labute approximate surface area is 258 Å². The number of pyridine rings is 1. The van der Waals surface area contributed by atoms with Crippen LogP contribution in [0.2, 0.25) is 5.02 Å². The van der Waals surface area contributed by atoms with Gasteiger partial charge in [0.1, 0.15) is 17.6 Å². The Kier molecular flexibility index (Phi) is 7.81. The van der Waals surface area contributed by atoms with Crippen molar-refractivity contribution in [2.75, 3.05) is 22.9 Å². The Bertz CT molecular complexity index is 1670. The molecule has 3 N–H and O–H groups in total. The van der Waals surface area contributed by atoms with Crippen LogP contribution < -0.4 is 15.1 Å². The number of carbonyl (C=O) groups is 2. The summed E-state index contributed by atoms with van der Waals surface area (Å²) in [7, 11) is 0. The molecule has 2 aliphatic heterocycles. The van der Waals surface area contributed by atoms with Gasteiger partial charge in [0.15, 0.2) is 5.11 Å². The van der Waals surface area contributed by atoms with Gasteiger partial charge < -0.3 is 29.7 Å². The van der Waals surface area contributed by atoms with E-state index in [0.29, 0.717) is 33.1 Å². The average molecular weight is 617 g/mol. The summed E-state index contributed by atoms with van der Waals surface area (Å²) >= 11 is 12.7. The van der Waals surface area contributed by atoms with E-state index in [4.69, 9.17) is 28.2 Å². The number of nitrogens with zero attached hydrogens (tertiary/aromatic N) is 3. The van der Waals surface area contributed by atoms with E-state index in [1.165, 1.54) is 12.1 Å². The fourth-order valence-corrected chi connectivity index (χ4v) is 6.40. The third-order valence-corrected chi connectivity index (χ3v) is 8.68. The predicted molar refractivity (Wildman–Crippen MR) is 168 cm³/mol. The maximum absolute atomic E-state index is 11.7. The highest BCUT2D eigenvalue weighted by atomic mass is 35.5. The molecule has 0 unspecified atom stereocenters. The Hall–Kier alpha value is -4.41. The highest BCUT2D eigenvalue weighted by molar-refractivity contribution is 7.80. The van der Waals surface area contributed by atoms with E-state index in [9.17, 15) is 19.8 Å². The van der Waals surface area contributed by atoms with Crippen LogP contribution in [0.15, 0.2) is 77.3 Å². The average Bonchev–Trinajstić information content (AvgIpc) is 3.62. The second kappa shape index (κ2) is 11.7. The molecule has 0 bridgehead atoms.